The first-order chi connectivity index (χ1) is 13.9. The summed E-state index contributed by atoms with van der Waals surface area (Å²) in [4.78, 5) is 32.5. The Morgan fingerprint density at radius 3 is 2.48 bits per heavy atom. The van der Waals surface area contributed by atoms with Crippen LogP contribution in [-0.4, -0.2) is 28.8 Å². The Hall–Kier alpha value is -3.88. The summed E-state index contributed by atoms with van der Waals surface area (Å²) in [5.74, 6) is -2.36. The van der Waals surface area contributed by atoms with E-state index in [0.717, 1.165) is 18.2 Å². The van der Waals surface area contributed by atoms with Crippen molar-refractivity contribution in [2.75, 3.05) is 12.8 Å². The molecule has 0 bridgehead atoms. The van der Waals surface area contributed by atoms with E-state index in [1.54, 1.807) is 24.3 Å². The van der Waals surface area contributed by atoms with Crippen molar-refractivity contribution in [1.29, 1.82) is 0 Å². The lowest BCUT2D eigenvalue weighted by Gasteiger charge is -2.09. The van der Waals surface area contributed by atoms with Crippen LogP contribution in [0.5, 0.6) is 0 Å². The Morgan fingerprint density at radius 1 is 1.07 bits per heavy atom. The van der Waals surface area contributed by atoms with Crippen LogP contribution in [0, 0.1) is 11.6 Å². The van der Waals surface area contributed by atoms with Gasteiger partial charge in [0.1, 0.15) is 11.6 Å². The van der Waals surface area contributed by atoms with Crippen molar-refractivity contribution in [3.63, 3.8) is 0 Å². The molecule has 148 valence electrons. The van der Waals surface area contributed by atoms with Crippen molar-refractivity contribution in [2.24, 2.45) is 0 Å². The van der Waals surface area contributed by atoms with Gasteiger partial charge in [-0.25, -0.2) is 18.7 Å². The first-order valence-corrected chi connectivity index (χ1v) is 8.55. The van der Waals surface area contributed by atoms with Crippen LogP contribution in [0.2, 0.25) is 0 Å². The largest absolute Gasteiger partial charge is 0.382 e. The topological polar surface area (TPSA) is 110 Å². The summed E-state index contributed by atoms with van der Waals surface area (Å²) >= 11 is 0. The second-order valence-electron chi connectivity index (χ2n) is 6.11. The number of nitrogens with zero attached hydrogens (tertiary/aromatic N) is 2. The minimum atomic E-state index is -0.718. The van der Waals surface area contributed by atoms with Crippen molar-refractivity contribution >= 4 is 17.6 Å². The van der Waals surface area contributed by atoms with Crippen LogP contribution >= 0.6 is 0 Å². The van der Waals surface area contributed by atoms with E-state index in [1.807, 2.05) is 0 Å². The third-order valence-electron chi connectivity index (χ3n) is 4.04. The molecule has 0 saturated heterocycles. The van der Waals surface area contributed by atoms with Crippen LogP contribution < -0.4 is 16.4 Å². The van der Waals surface area contributed by atoms with E-state index in [1.165, 1.54) is 13.2 Å². The highest BCUT2D eigenvalue weighted by atomic mass is 19.1. The average molecular weight is 397 g/mol. The van der Waals surface area contributed by atoms with E-state index in [-0.39, 0.29) is 18.1 Å². The summed E-state index contributed by atoms with van der Waals surface area (Å²) in [5.41, 5.74) is 7.18. The Labute approximate surface area is 165 Å². The molecule has 1 aromatic heterocycles. The molecule has 4 N–H and O–H groups in total. The number of nitrogens with two attached hydrogens (primary N) is 1. The lowest BCUT2D eigenvalue weighted by atomic mass is 10.1. The number of rotatable bonds is 5. The fourth-order valence-corrected chi connectivity index (χ4v) is 2.64. The molecule has 0 radical (unpaired) electrons. The van der Waals surface area contributed by atoms with Crippen molar-refractivity contribution in [3.8, 4) is 11.3 Å². The molecule has 0 aliphatic rings. The van der Waals surface area contributed by atoms with E-state index in [4.69, 9.17) is 5.73 Å². The van der Waals surface area contributed by atoms with Gasteiger partial charge in [-0.1, -0.05) is 12.1 Å². The van der Waals surface area contributed by atoms with Crippen LogP contribution in [0.25, 0.3) is 11.3 Å². The quantitative estimate of drug-likeness (QED) is 0.612. The zero-order chi connectivity index (χ0) is 21.0. The lowest BCUT2D eigenvalue weighted by molar-refractivity contribution is 0.0945. The van der Waals surface area contributed by atoms with E-state index in [2.05, 4.69) is 20.6 Å². The van der Waals surface area contributed by atoms with E-state index >= 15 is 0 Å². The Balaban J connectivity index is 1.80. The maximum Gasteiger partial charge on any atom is 0.273 e. The molecule has 0 atom stereocenters. The van der Waals surface area contributed by atoms with Gasteiger partial charge in [-0.2, -0.15) is 0 Å². The third-order valence-corrected chi connectivity index (χ3v) is 4.04. The number of anilines is 1. The van der Waals surface area contributed by atoms with E-state index < -0.39 is 23.4 Å². The van der Waals surface area contributed by atoms with E-state index in [9.17, 15) is 18.4 Å². The summed E-state index contributed by atoms with van der Waals surface area (Å²) in [7, 11) is 1.45. The lowest BCUT2D eigenvalue weighted by Crippen LogP contribution is -2.23. The second-order valence-corrected chi connectivity index (χ2v) is 6.11. The maximum absolute atomic E-state index is 13.3. The number of hydrogen-bond donors (Lipinski definition) is 3. The number of carbonyl (C=O) groups is 2. The third kappa shape index (κ3) is 4.70. The van der Waals surface area contributed by atoms with Crippen LogP contribution in [0.15, 0.2) is 48.7 Å². The van der Waals surface area contributed by atoms with Crippen molar-refractivity contribution < 1.29 is 18.4 Å². The standard InChI is InChI=1S/C20H17F2N5O2/c1-24-20(29)17-18(23)25-10-16(27-17)12-3-2-4-13(7-12)19(28)26-9-11-5-14(21)8-15(22)6-11/h2-8,10H,9H2,1H3,(H2,23,25)(H,24,29)(H,26,28). The van der Waals surface area contributed by atoms with Crippen molar-refractivity contribution in [3.05, 3.63) is 77.1 Å². The molecule has 0 saturated carbocycles. The van der Waals surface area contributed by atoms with E-state index in [0.29, 0.717) is 22.4 Å². The predicted molar refractivity (Wildman–Crippen MR) is 103 cm³/mol. The number of halogens is 2. The molecule has 2 aromatic carbocycles. The SMILES string of the molecule is CNC(=O)c1nc(-c2cccc(C(=O)NCc3cc(F)cc(F)c3)c2)cnc1N. The zero-order valence-corrected chi connectivity index (χ0v) is 15.4. The van der Waals surface area contributed by atoms with Gasteiger partial charge in [0.2, 0.25) is 0 Å². The maximum atomic E-state index is 13.3. The zero-order valence-electron chi connectivity index (χ0n) is 15.4. The highest BCUT2D eigenvalue weighted by molar-refractivity contribution is 5.97. The molecule has 0 unspecified atom stereocenters. The molecule has 3 aromatic rings. The molecule has 0 aliphatic heterocycles. The van der Waals surface area contributed by atoms with Gasteiger partial charge in [0.25, 0.3) is 11.8 Å². The summed E-state index contributed by atoms with van der Waals surface area (Å²) in [6.07, 6.45) is 1.40. The van der Waals surface area contributed by atoms with Gasteiger partial charge >= 0.3 is 0 Å². The first kappa shape index (κ1) is 19.9. The number of nitrogens with one attached hydrogen (secondary N) is 2. The van der Waals surface area contributed by atoms with Gasteiger partial charge in [-0.15, -0.1) is 0 Å². The van der Waals surface area contributed by atoms with Gasteiger partial charge in [0.05, 0.1) is 11.9 Å². The molecule has 0 spiro atoms. The first-order valence-electron chi connectivity index (χ1n) is 8.55. The smallest absolute Gasteiger partial charge is 0.273 e. The molecule has 7 nitrogen and oxygen atoms in total. The molecule has 2 amide bonds. The van der Waals surface area contributed by atoms with Gasteiger partial charge < -0.3 is 16.4 Å². The minimum Gasteiger partial charge on any atom is -0.382 e. The molecule has 29 heavy (non-hydrogen) atoms. The molecule has 0 aliphatic carbocycles. The van der Waals surface area contributed by atoms with Crippen LogP contribution in [0.4, 0.5) is 14.6 Å². The fourth-order valence-electron chi connectivity index (χ4n) is 2.64. The minimum absolute atomic E-state index is 0.00989. The Kier molecular flexibility index (Phi) is 5.77. The monoisotopic (exact) mass is 397 g/mol. The van der Waals surface area contributed by atoms with Crippen LogP contribution in [0.3, 0.4) is 0 Å². The van der Waals surface area contributed by atoms with Gasteiger partial charge in [0, 0.05) is 30.8 Å². The second kappa shape index (κ2) is 8.42. The Morgan fingerprint density at radius 2 is 1.79 bits per heavy atom. The number of amides is 2. The highest BCUT2D eigenvalue weighted by Crippen LogP contribution is 2.20. The molecule has 0 fully saturated rings. The summed E-state index contributed by atoms with van der Waals surface area (Å²) in [6.45, 7) is -0.0414. The molecule has 1 heterocycles. The number of aromatic nitrogens is 2. The van der Waals surface area contributed by atoms with Gasteiger partial charge in [0.15, 0.2) is 11.5 Å². The van der Waals surface area contributed by atoms with Gasteiger partial charge in [-0.05, 0) is 29.8 Å². The fraction of sp³-hybridized carbons (Fsp3) is 0.100. The van der Waals surface area contributed by atoms with Crippen LogP contribution in [-0.2, 0) is 6.54 Å². The summed E-state index contributed by atoms with van der Waals surface area (Å²) in [5, 5.41) is 5.04. The number of carbonyl (C=O) groups excluding carboxylic acids is 2. The van der Waals surface area contributed by atoms with Crippen LogP contribution in [0.1, 0.15) is 26.4 Å². The normalized spacial score (nSPS) is 10.4. The Bertz CT molecular complexity index is 1070. The number of nitrogen functional groups attached to an aromatic ring is 1. The number of benzene rings is 2. The van der Waals surface area contributed by atoms with Crippen molar-refractivity contribution in [2.45, 2.75) is 6.54 Å². The molecular weight excluding hydrogens is 380 g/mol. The van der Waals surface area contributed by atoms with Crippen molar-refractivity contribution in [1.82, 2.24) is 20.6 Å². The predicted octanol–water partition coefficient (Wildman–Crippen LogP) is 2.29. The molecular formula is C20H17F2N5O2. The summed E-state index contributed by atoms with van der Waals surface area (Å²) in [6, 6.07) is 9.53. The number of hydrogen-bond acceptors (Lipinski definition) is 5. The average Bonchev–Trinajstić information content (AvgIpc) is 2.71. The molecule has 3 rings (SSSR count). The summed E-state index contributed by atoms with van der Waals surface area (Å²) < 4.78 is 26.5. The van der Waals surface area contributed by atoms with Gasteiger partial charge in [-0.3, -0.25) is 9.59 Å². The molecule has 9 heteroatoms. The highest BCUT2D eigenvalue weighted by Gasteiger charge is 2.14.